The van der Waals surface area contributed by atoms with E-state index < -0.39 is 23.4 Å². The molecule has 0 unspecified atom stereocenters. The smallest absolute Gasteiger partial charge is 0.258 e. The Morgan fingerprint density at radius 3 is 2.26 bits per heavy atom. The predicted molar refractivity (Wildman–Crippen MR) is 125 cm³/mol. The van der Waals surface area contributed by atoms with E-state index in [0.29, 0.717) is 35.5 Å². The molecule has 34 heavy (non-hydrogen) atoms. The highest BCUT2D eigenvalue weighted by Crippen LogP contribution is 2.21. The predicted octanol–water partition coefficient (Wildman–Crippen LogP) is 4.87. The van der Waals surface area contributed by atoms with Crippen LogP contribution in [0.25, 0.3) is 0 Å². The minimum atomic E-state index is -0.981. The van der Waals surface area contributed by atoms with Crippen LogP contribution in [0.1, 0.15) is 31.8 Å². The summed E-state index contributed by atoms with van der Waals surface area (Å²) in [6.07, 6.45) is 0. The van der Waals surface area contributed by atoms with Crippen molar-refractivity contribution < 1.29 is 22.8 Å². The lowest BCUT2D eigenvalue weighted by Crippen LogP contribution is -2.36. The van der Waals surface area contributed by atoms with E-state index in [1.165, 1.54) is 35.2 Å². The first kappa shape index (κ1) is 25.0. The fraction of sp³-hybridized carbons (Fsp3) is 0.231. The first-order chi connectivity index (χ1) is 16.2. The lowest BCUT2D eigenvalue weighted by atomic mass is 10.1. The maximum absolute atomic E-state index is 14.0. The zero-order chi connectivity index (χ0) is 24.8. The number of rotatable bonds is 8. The van der Waals surface area contributed by atoms with Gasteiger partial charge in [0, 0.05) is 30.9 Å². The van der Waals surface area contributed by atoms with Gasteiger partial charge >= 0.3 is 0 Å². The van der Waals surface area contributed by atoms with Crippen LogP contribution in [0.15, 0.2) is 60.7 Å². The molecule has 0 saturated heterocycles. The van der Waals surface area contributed by atoms with E-state index in [4.69, 9.17) is 0 Å². The summed E-state index contributed by atoms with van der Waals surface area (Å²) in [7, 11) is 3.73. The van der Waals surface area contributed by atoms with Gasteiger partial charge in [-0.15, -0.1) is 0 Å². The molecule has 8 heteroatoms. The Morgan fingerprint density at radius 1 is 0.853 bits per heavy atom. The van der Waals surface area contributed by atoms with Gasteiger partial charge in [0.15, 0.2) is 11.6 Å². The van der Waals surface area contributed by atoms with Crippen LogP contribution in [0.2, 0.25) is 0 Å². The fourth-order valence-electron chi connectivity index (χ4n) is 3.34. The van der Waals surface area contributed by atoms with Crippen molar-refractivity contribution in [3.63, 3.8) is 0 Å². The molecule has 0 bridgehead atoms. The van der Waals surface area contributed by atoms with E-state index in [1.54, 1.807) is 25.1 Å². The quantitative estimate of drug-likeness (QED) is 0.512. The Morgan fingerprint density at radius 2 is 1.59 bits per heavy atom. The van der Waals surface area contributed by atoms with Crippen LogP contribution in [0.4, 0.5) is 18.9 Å². The van der Waals surface area contributed by atoms with Crippen molar-refractivity contribution >= 4 is 17.5 Å². The van der Waals surface area contributed by atoms with Gasteiger partial charge in [-0.2, -0.15) is 0 Å². The Labute approximate surface area is 196 Å². The zero-order valence-corrected chi connectivity index (χ0v) is 19.2. The van der Waals surface area contributed by atoms with E-state index in [0.717, 1.165) is 12.1 Å². The summed E-state index contributed by atoms with van der Waals surface area (Å²) < 4.78 is 41.0. The third-order valence-corrected chi connectivity index (χ3v) is 5.31. The second-order valence-corrected chi connectivity index (χ2v) is 8.24. The Hall–Kier alpha value is -3.65. The third kappa shape index (κ3) is 6.23. The van der Waals surface area contributed by atoms with Crippen LogP contribution in [-0.2, 0) is 6.54 Å². The van der Waals surface area contributed by atoms with Gasteiger partial charge in [-0.3, -0.25) is 9.59 Å². The van der Waals surface area contributed by atoms with Crippen molar-refractivity contribution in [2.45, 2.75) is 13.5 Å². The minimum Gasteiger partial charge on any atom is -0.333 e. The number of anilines is 1. The van der Waals surface area contributed by atoms with Crippen LogP contribution >= 0.6 is 0 Å². The fourth-order valence-corrected chi connectivity index (χ4v) is 3.34. The highest BCUT2D eigenvalue weighted by molar-refractivity contribution is 6.05. The number of likely N-dealkylation sites (N-methyl/N-ethyl adjacent to an activating group) is 1. The Kier molecular flexibility index (Phi) is 8.07. The number of nitrogens with one attached hydrogen (secondary N) is 1. The number of carbonyl (C=O) groups is 2. The molecule has 3 aromatic carbocycles. The van der Waals surface area contributed by atoms with Crippen molar-refractivity contribution in [1.29, 1.82) is 0 Å². The van der Waals surface area contributed by atoms with E-state index in [2.05, 4.69) is 5.32 Å². The molecule has 178 valence electrons. The molecule has 0 aliphatic heterocycles. The second-order valence-electron chi connectivity index (χ2n) is 8.24. The Bertz CT molecular complexity index is 1200. The summed E-state index contributed by atoms with van der Waals surface area (Å²) in [6, 6.07) is 14.0. The van der Waals surface area contributed by atoms with Crippen molar-refractivity contribution in [1.82, 2.24) is 9.80 Å². The summed E-state index contributed by atoms with van der Waals surface area (Å²) >= 11 is 0. The molecule has 0 radical (unpaired) electrons. The number of amides is 2. The van der Waals surface area contributed by atoms with Gasteiger partial charge in [-0.05, 0) is 68.5 Å². The van der Waals surface area contributed by atoms with Gasteiger partial charge < -0.3 is 15.1 Å². The molecular weight excluding hydrogens is 443 g/mol. The average molecular weight is 470 g/mol. The summed E-state index contributed by atoms with van der Waals surface area (Å²) in [6.45, 7) is 2.73. The molecule has 3 rings (SSSR count). The molecule has 0 aliphatic carbocycles. The van der Waals surface area contributed by atoms with Crippen molar-refractivity contribution in [2.75, 3.05) is 32.5 Å². The van der Waals surface area contributed by atoms with Gasteiger partial charge in [0.2, 0.25) is 0 Å². The molecule has 5 nitrogen and oxygen atoms in total. The zero-order valence-electron chi connectivity index (χ0n) is 19.2. The molecule has 0 aromatic heterocycles. The Balaban J connectivity index is 1.86. The molecule has 3 aromatic rings. The number of halogens is 3. The average Bonchev–Trinajstić information content (AvgIpc) is 2.80. The van der Waals surface area contributed by atoms with E-state index >= 15 is 0 Å². The first-order valence-corrected chi connectivity index (χ1v) is 10.7. The van der Waals surface area contributed by atoms with E-state index in [-0.39, 0.29) is 18.0 Å². The van der Waals surface area contributed by atoms with Crippen molar-refractivity contribution in [3.8, 4) is 0 Å². The monoisotopic (exact) mass is 469 g/mol. The standard InChI is InChI=1S/C26H26F3N3O2/c1-17-8-10-19(15-24(17)30-25(33)20-6-4-5-7-21(20)27)26(34)32(13-12-31(2)3)16-18-9-11-22(28)23(29)14-18/h4-11,14-15H,12-13,16H2,1-3H3,(H,30,33). The van der Waals surface area contributed by atoms with Crippen molar-refractivity contribution in [3.05, 3.63) is 100 Å². The highest BCUT2D eigenvalue weighted by atomic mass is 19.2. The normalized spacial score (nSPS) is 10.9. The molecule has 0 fully saturated rings. The first-order valence-electron chi connectivity index (χ1n) is 10.7. The number of nitrogens with zero attached hydrogens (tertiary/aromatic N) is 2. The molecule has 1 N–H and O–H groups in total. The summed E-state index contributed by atoms with van der Waals surface area (Å²) in [5.41, 5.74) is 1.72. The molecular formula is C26H26F3N3O2. The van der Waals surface area contributed by atoms with Gasteiger partial charge in [-0.1, -0.05) is 24.3 Å². The lowest BCUT2D eigenvalue weighted by Gasteiger charge is -2.25. The molecule has 0 spiro atoms. The summed E-state index contributed by atoms with van der Waals surface area (Å²) in [5.74, 6) is -3.55. The van der Waals surface area contributed by atoms with Gasteiger partial charge in [-0.25, -0.2) is 13.2 Å². The third-order valence-electron chi connectivity index (χ3n) is 5.31. The molecule has 0 saturated carbocycles. The lowest BCUT2D eigenvalue weighted by molar-refractivity contribution is 0.0731. The number of benzene rings is 3. The SMILES string of the molecule is Cc1ccc(C(=O)N(CCN(C)C)Cc2ccc(F)c(F)c2)cc1NC(=O)c1ccccc1F. The number of hydrogen-bond acceptors (Lipinski definition) is 3. The second kappa shape index (κ2) is 11.0. The number of aryl methyl sites for hydroxylation is 1. The molecule has 2 amide bonds. The highest BCUT2D eigenvalue weighted by Gasteiger charge is 2.19. The summed E-state index contributed by atoms with van der Waals surface area (Å²) in [4.78, 5) is 29.3. The number of hydrogen-bond donors (Lipinski definition) is 1. The molecule has 0 atom stereocenters. The largest absolute Gasteiger partial charge is 0.333 e. The van der Waals surface area contributed by atoms with Gasteiger partial charge in [0.1, 0.15) is 5.82 Å². The maximum Gasteiger partial charge on any atom is 0.258 e. The molecule has 0 aliphatic rings. The number of carbonyl (C=O) groups excluding carboxylic acids is 2. The van der Waals surface area contributed by atoms with Gasteiger partial charge in [0.25, 0.3) is 11.8 Å². The minimum absolute atomic E-state index is 0.0780. The van der Waals surface area contributed by atoms with Gasteiger partial charge in [0.05, 0.1) is 5.56 Å². The van der Waals surface area contributed by atoms with Crippen LogP contribution in [0, 0.1) is 24.4 Å². The van der Waals surface area contributed by atoms with Crippen LogP contribution in [-0.4, -0.2) is 48.8 Å². The summed E-state index contributed by atoms with van der Waals surface area (Å²) in [5, 5.41) is 2.67. The van der Waals surface area contributed by atoms with Crippen LogP contribution < -0.4 is 5.32 Å². The van der Waals surface area contributed by atoms with E-state index in [9.17, 15) is 22.8 Å². The van der Waals surface area contributed by atoms with Crippen LogP contribution in [0.5, 0.6) is 0 Å². The van der Waals surface area contributed by atoms with E-state index in [1.807, 2.05) is 19.0 Å². The van der Waals surface area contributed by atoms with Crippen molar-refractivity contribution in [2.24, 2.45) is 0 Å². The molecule has 0 heterocycles. The maximum atomic E-state index is 14.0. The topological polar surface area (TPSA) is 52.7 Å². The van der Waals surface area contributed by atoms with Crippen LogP contribution in [0.3, 0.4) is 0 Å².